The third-order valence-corrected chi connectivity index (χ3v) is 2.48. The fraction of sp³-hybridized carbons (Fsp3) is 0.778. The fourth-order valence-corrected chi connectivity index (χ4v) is 1.57. The van der Waals surface area contributed by atoms with Crippen molar-refractivity contribution >= 4 is 11.6 Å². The smallest absolute Gasteiger partial charge is 0.0201 e. The maximum absolute atomic E-state index is 5.58. The highest BCUT2D eigenvalue weighted by Crippen LogP contribution is 2.10. The van der Waals surface area contributed by atoms with E-state index in [1.165, 1.54) is 37.9 Å². The molecule has 1 rings (SSSR count). The van der Waals surface area contributed by atoms with E-state index in [0.29, 0.717) is 0 Å². The van der Waals surface area contributed by atoms with E-state index in [1.807, 2.05) is 0 Å². The van der Waals surface area contributed by atoms with E-state index in [-0.39, 0.29) is 0 Å². The molecule has 1 nitrogen and oxygen atoms in total. The summed E-state index contributed by atoms with van der Waals surface area (Å²) in [5, 5.41) is 0. The van der Waals surface area contributed by atoms with Gasteiger partial charge in [0.2, 0.25) is 0 Å². The van der Waals surface area contributed by atoms with Gasteiger partial charge in [0.15, 0.2) is 0 Å². The van der Waals surface area contributed by atoms with Crippen LogP contribution >= 0.6 is 11.6 Å². The van der Waals surface area contributed by atoms with Crippen molar-refractivity contribution in [3.05, 3.63) is 11.1 Å². The molecule has 0 aromatic heterocycles. The Labute approximate surface area is 74.0 Å². The first-order chi connectivity index (χ1) is 5.33. The minimum absolute atomic E-state index is 1.06. The van der Waals surface area contributed by atoms with Crippen molar-refractivity contribution in [2.24, 2.45) is 0 Å². The monoisotopic (exact) mass is 173 g/mol. The van der Waals surface area contributed by atoms with E-state index in [1.54, 1.807) is 5.54 Å². The molecule has 1 aliphatic heterocycles. The number of piperidine rings is 1. The second-order valence-corrected chi connectivity index (χ2v) is 3.51. The molecule has 0 aliphatic carbocycles. The minimum atomic E-state index is 1.06. The maximum Gasteiger partial charge on any atom is 0.0201 e. The molecule has 11 heavy (non-hydrogen) atoms. The lowest BCUT2D eigenvalue weighted by molar-refractivity contribution is 0.247. The van der Waals surface area contributed by atoms with Gasteiger partial charge in [-0.05, 0) is 38.4 Å². The standard InChI is InChI=1S/C9H16ClN/c1-9(7-10)8-11-5-3-2-4-6-11/h7H,2-6,8H2,1H3/b9-7+. The number of likely N-dealkylation sites (tertiary alicyclic amines) is 1. The Morgan fingerprint density at radius 1 is 1.36 bits per heavy atom. The zero-order chi connectivity index (χ0) is 8.10. The van der Waals surface area contributed by atoms with Gasteiger partial charge in [-0.25, -0.2) is 0 Å². The zero-order valence-corrected chi connectivity index (χ0v) is 7.90. The van der Waals surface area contributed by atoms with Crippen LogP contribution in [0.1, 0.15) is 26.2 Å². The number of hydrogen-bond acceptors (Lipinski definition) is 1. The highest BCUT2D eigenvalue weighted by Gasteiger charge is 2.09. The van der Waals surface area contributed by atoms with E-state index < -0.39 is 0 Å². The van der Waals surface area contributed by atoms with Crippen molar-refractivity contribution in [1.82, 2.24) is 4.90 Å². The highest BCUT2D eigenvalue weighted by atomic mass is 35.5. The molecular formula is C9H16ClN. The van der Waals surface area contributed by atoms with Gasteiger partial charge in [0.25, 0.3) is 0 Å². The van der Waals surface area contributed by atoms with E-state index in [0.717, 1.165) is 6.54 Å². The fourth-order valence-electron chi connectivity index (χ4n) is 1.50. The second kappa shape index (κ2) is 4.78. The van der Waals surface area contributed by atoms with E-state index >= 15 is 0 Å². The molecule has 0 unspecified atom stereocenters. The van der Waals surface area contributed by atoms with Crippen LogP contribution in [-0.2, 0) is 0 Å². The van der Waals surface area contributed by atoms with Gasteiger partial charge in [0, 0.05) is 12.1 Å². The second-order valence-electron chi connectivity index (χ2n) is 3.29. The van der Waals surface area contributed by atoms with Crippen molar-refractivity contribution in [3.8, 4) is 0 Å². The normalized spacial score (nSPS) is 22.2. The molecule has 0 bridgehead atoms. The summed E-state index contributed by atoms with van der Waals surface area (Å²) in [5.41, 5.74) is 2.96. The maximum atomic E-state index is 5.58. The summed E-state index contributed by atoms with van der Waals surface area (Å²) >= 11 is 5.58. The van der Waals surface area contributed by atoms with Crippen LogP contribution in [0.4, 0.5) is 0 Å². The topological polar surface area (TPSA) is 3.24 Å². The van der Waals surface area contributed by atoms with Gasteiger partial charge in [0.05, 0.1) is 0 Å². The van der Waals surface area contributed by atoms with Gasteiger partial charge in [0.1, 0.15) is 0 Å². The van der Waals surface area contributed by atoms with Gasteiger partial charge in [-0.2, -0.15) is 0 Å². The van der Waals surface area contributed by atoms with Crippen molar-refractivity contribution in [3.63, 3.8) is 0 Å². The Hall–Kier alpha value is -0.0100. The van der Waals surface area contributed by atoms with Crippen LogP contribution in [0.5, 0.6) is 0 Å². The molecule has 0 N–H and O–H groups in total. The Kier molecular flexibility index (Phi) is 3.95. The average molecular weight is 174 g/mol. The summed E-state index contributed by atoms with van der Waals surface area (Å²) < 4.78 is 0. The summed E-state index contributed by atoms with van der Waals surface area (Å²) in [6, 6.07) is 0. The lowest BCUT2D eigenvalue weighted by atomic mass is 10.1. The van der Waals surface area contributed by atoms with Crippen LogP contribution < -0.4 is 0 Å². The SMILES string of the molecule is C/C(=C\Cl)CN1CCCCC1. The molecule has 0 spiro atoms. The Bertz CT molecular complexity index is 136. The van der Waals surface area contributed by atoms with Crippen LogP contribution in [-0.4, -0.2) is 24.5 Å². The van der Waals surface area contributed by atoms with Crippen LogP contribution in [0.25, 0.3) is 0 Å². The molecule has 0 radical (unpaired) electrons. The Morgan fingerprint density at radius 2 is 2.00 bits per heavy atom. The molecule has 1 aliphatic rings. The average Bonchev–Trinajstić information content (AvgIpc) is 2.06. The summed E-state index contributed by atoms with van der Waals surface area (Å²) in [6.45, 7) is 5.65. The number of hydrogen-bond donors (Lipinski definition) is 0. The van der Waals surface area contributed by atoms with Crippen molar-refractivity contribution in [2.45, 2.75) is 26.2 Å². The van der Waals surface area contributed by atoms with Gasteiger partial charge in [-0.15, -0.1) is 0 Å². The molecule has 1 fully saturated rings. The molecule has 0 aromatic carbocycles. The van der Waals surface area contributed by atoms with Gasteiger partial charge < -0.3 is 0 Å². The predicted molar refractivity (Wildman–Crippen MR) is 49.9 cm³/mol. The van der Waals surface area contributed by atoms with Gasteiger partial charge in [-0.1, -0.05) is 18.0 Å². The first-order valence-corrected chi connectivity index (χ1v) is 4.75. The summed E-state index contributed by atoms with van der Waals surface area (Å²) in [7, 11) is 0. The molecule has 0 amide bonds. The molecule has 1 saturated heterocycles. The quantitative estimate of drug-likeness (QED) is 0.621. The van der Waals surface area contributed by atoms with Crippen LogP contribution in [0.15, 0.2) is 11.1 Å². The van der Waals surface area contributed by atoms with E-state index in [2.05, 4.69) is 11.8 Å². The lowest BCUT2D eigenvalue weighted by Crippen LogP contribution is -2.30. The molecule has 64 valence electrons. The van der Waals surface area contributed by atoms with Gasteiger partial charge >= 0.3 is 0 Å². The predicted octanol–water partition coefficient (Wildman–Crippen LogP) is 2.61. The highest BCUT2D eigenvalue weighted by molar-refractivity contribution is 6.25. The van der Waals surface area contributed by atoms with Gasteiger partial charge in [-0.3, -0.25) is 4.90 Å². The zero-order valence-electron chi connectivity index (χ0n) is 7.15. The molecule has 0 atom stereocenters. The molecule has 0 aromatic rings. The van der Waals surface area contributed by atoms with E-state index in [4.69, 9.17) is 11.6 Å². The largest absolute Gasteiger partial charge is 0.299 e. The molecule has 2 heteroatoms. The van der Waals surface area contributed by atoms with Crippen LogP contribution in [0.3, 0.4) is 0 Å². The number of rotatable bonds is 2. The van der Waals surface area contributed by atoms with Crippen molar-refractivity contribution in [2.75, 3.05) is 19.6 Å². The van der Waals surface area contributed by atoms with E-state index in [9.17, 15) is 0 Å². The third kappa shape index (κ3) is 3.26. The van der Waals surface area contributed by atoms with Crippen molar-refractivity contribution in [1.29, 1.82) is 0 Å². The summed E-state index contributed by atoms with van der Waals surface area (Å²) in [6.07, 6.45) is 4.12. The molecular weight excluding hydrogens is 158 g/mol. The first kappa shape index (κ1) is 9.08. The Morgan fingerprint density at radius 3 is 2.55 bits per heavy atom. The van der Waals surface area contributed by atoms with Crippen molar-refractivity contribution < 1.29 is 0 Å². The Balaban J connectivity index is 2.24. The minimum Gasteiger partial charge on any atom is -0.299 e. The van der Waals surface area contributed by atoms with Crippen LogP contribution in [0.2, 0.25) is 0 Å². The summed E-state index contributed by atoms with van der Waals surface area (Å²) in [4.78, 5) is 2.47. The molecule has 0 saturated carbocycles. The number of nitrogens with zero attached hydrogens (tertiary/aromatic N) is 1. The molecule has 1 heterocycles. The lowest BCUT2D eigenvalue weighted by Gasteiger charge is -2.26. The number of halogens is 1. The van der Waals surface area contributed by atoms with Crippen LogP contribution in [0, 0.1) is 0 Å². The summed E-state index contributed by atoms with van der Waals surface area (Å²) in [5.74, 6) is 0. The third-order valence-electron chi connectivity index (χ3n) is 2.11. The first-order valence-electron chi connectivity index (χ1n) is 4.31.